The second-order valence-electron chi connectivity index (χ2n) is 6.23. The molecule has 0 saturated heterocycles. The minimum Gasteiger partial charge on any atom is -0.493 e. The molecule has 3 rings (SSSR count). The van der Waals surface area contributed by atoms with Crippen molar-refractivity contribution in [3.63, 3.8) is 0 Å². The standard InChI is InChI=1S/C24H23NO4S/c1-3-28-20-13-9-8-12-18(20)14-15-21(26)25-23-22(24(27)29-4-2)19(16-30-23)17-10-6-5-7-11-17/h5-16H,3-4H2,1-2H3,(H,25,26)/b15-14+. The van der Waals surface area contributed by atoms with Crippen LogP contribution in [0.2, 0.25) is 0 Å². The van der Waals surface area contributed by atoms with Gasteiger partial charge in [0, 0.05) is 22.6 Å². The first-order valence-corrected chi connectivity index (χ1v) is 10.6. The summed E-state index contributed by atoms with van der Waals surface area (Å²) < 4.78 is 10.8. The van der Waals surface area contributed by atoms with Crippen LogP contribution >= 0.6 is 11.3 Å². The highest BCUT2D eigenvalue weighted by Gasteiger charge is 2.22. The van der Waals surface area contributed by atoms with E-state index in [1.165, 1.54) is 17.4 Å². The maximum absolute atomic E-state index is 12.6. The Morgan fingerprint density at radius 1 is 1.00 bits per heavy atom. The first-order chi connectivity index (χ1) is 14.6. The second kappa shape index (κ2) is 10.4. The van der Waals surface area contributed by atoms with Crippen molar-refractivity contribution in [1.82, 2.24) is 0 Å². The van der Waals surface area contributed by atoms with Crippen molar-refractivity contribution >= 4 is 34.3 Å². The van der Waals surface area contributed by atoms with Crippen LogP contribution in [0.5, 0.6) is 5.75 Å². The van der Waals surface area contributed by atoms with E-state index < -0.39 is 5.97 Å². The van der Waals surface area contributed by atoms with Crippen molar-refractivity contribution in [2.24, 2.45) is 0 Å². The molecular formula is C24H23NO4S. The van der Waals surface area contributed by atoms with E-state index in [1.807, 2.05) is 66.9 Å². The largest absolute Gasteiger partial charge is 0.493 e. The summed E-state index contributed by atoms with van der Waals surface area (Å²) in [7, 11) is 0. The molecule has 1 aromatic heterocycles. The van der Waals surface area contributed by atoms with Crippen molar-refractivity contribution in [3.8, 4) is 16.9 Å². The van der Waals surface area contributed by atoms with Gasteiger partial charge in [-0.15, -0.1) is 11.3 Å². The molecule has 0 saturated carbocycles. The van der Waals surface area contributed by atoms with Crippen LogP contribution in [0.4, 0.5) is 5.00 Å². The molecule has 1 heterocycles. The predicted molar refractivity (Wildman–Crippen MR) is 121 cm³/mol. The van der Waals surface area contributed by atoms with Gasteiger partial charge in [-0.2, -0.15) is 0 Å². The maximum Gasteiger partial charge on any atom is 0.341 e. The fraction of sp³-hybridized carbons (Fsp3) is 0.167. The molecule has 0 atom stereocenters. The molecule has 6 heteroatoms. The lowest BCUT2D eigenvalue weighted by Gasteiger charge is -2.08. The Hall–Kier alpha value is -3.38. The molecule has 0 radical (unpaired) electrons. The molecule has 0 fully saturated rings. The average Bonchev–Trinajstić information content (AvgIpc) is 3.17. The van der Waals surface area contributed by atoms with E-state index in [0.29, 0.717) is 22.9 Å². The fourth-order valence-electron chi connectivity index (χ4n) is 2.91. The van der Waals surface area contributed by atoms with E-state index in [0.717, 1.165) is 16.7 Å². The Morgan fingerprint density at radius 2 is 1.73 bits per heavy atom. The minimum absolute atomic E-state index is 0.254. The van der Waals surface area contributed by atoms with Crippen LogP contribution in [0.3, 0.4) is 0 Å². The van der Waals surface area contributed by atoms with Crippen molar-refractivity contribution < 1.29 is 19.1 Å². The maximum atomic E-state index is 12.6. The number of thiophene rings is 1. The Bertz CT molecular complexity index is 1040. The fourth-order valence-corrected chi connectivity index (χ4v) is 3.87. The average molecular weight is 422 g/mol. The lowest BCUT2D eigenvalue weighted by atomic mass is 10.0. The van der Waals surface area contributed by atoms with Crippen LogP contribution in [0.15, 0.2) is 66.1 Å². The van der Waals surface area contributed by atoms with Gasteiger partial charge in [-0.05, 0) is 31.6 Å². The SMILES string of the molecule is CCOC(=O)c1c(-c2ccccc2)csc1NC(=O)/C=C/c1ccccc1OCC. The third kappa shape index (κ3) is 5.15. The predicted octanol–water partition coefficient (Wildman–Crippen LogP) is 5.64. The van der Waals surface area contributed by atoms with Gasteiger partial charge in [0.05, 0.1) is 13.2 Å². The van der Waals surface area contributed by atoms with Gasteiger partial charge >= 0.3 is 5.97 Å². The van der Waals surface area contributed by atoms with Gasteiger partial charge in [0.1, 0.15) is 16.3 Å². The first-order valence-electron chi connectivity index (χ1n) is 9.69. The third-order valence-corrected chi connectivity index (χ3v) is 5.12. The zero-order valence-corrected chi connectivity index (χ0v) is 17.7. The summed E-state index contributed by atoms with van der Waals surface area (Å²) in [5.41, 5.74) is 2.79. The number of hydrogen-bond donors (Lipinski definition) is 1. The molecule has 1 N–H and O–H groups in total. The van der Waals surface area contributed by atoms with Gasteiger partial charge in [-0.3, -0.25) is 4.79 Å². The molecule has 0 aliphatic carbocycles. The van der Waals surface area contributed by atoms with E-state index in [2.05, 4.69) is 5.32 Å². The number of para-hydroxylation sites is 1. The van der Waals surface area contributed by atoms with Crippen molar-refractivity contribution in [3.05, 3.63) is 77.2 Å². The summed E-state index contributed by atoms with van der Waals surface area (Å²) in [5, 5.41) is 5.12. The smallest absolute Gasteiger partial charge is 0.341 e. The van der Waals surface area contributed by atoms with Crippen molar-refractivity contribution in [1.29, 1.82) is 0 Å². The van der Waals surface area contributed by atoms with Gasteiger partial charge in [0.15, 0.2) is 0 Å². The quantitative estimate of drug-likeness (QED) is 0.377. The van der Waals surface area contributed by atoms with Crippen LogP contribution in [0.1, 0.15) is 29.8 Å². The highest BCUT2D eigenvalue weighted by Crippen LogP contribution is 2.36. The minimum atomic E-state index is -0.460. The van der Waals surface area contributed by atoms with Crippen molar-refractivity contribution in [2.75, 3.05) is 18.5 Å². The van der Waals surface area contributed by atoms with E-state index in [4.69, 9.17) is 9.47 Å². The summed E-state index contributed by atoms with van der Waals surface area (Å²) in [6, 6.07) is 17.0. The summed E-state index contributed by atoms with van der Waals surface area (Å²) >= 11 is 1.30. The monoisotopic (exact) mass is 421 g/mol. The highest BCUT2D eigenvalue weighted by molar-refractivity contribution is 7.15. The normalized spacial score (nSPS) is 10.7. The van der Waals surface area contributed by atoms with Gasteiger partial charge in [-0.25, -0.2) is 4.79 Å². The molecule has 3 aromatic rings. The van der Waals surface area contributed by atoms with E-state index in [9.17, 15) is 9.59 Å². The van der Waals surface area contributed by atoms with Gasteiger partial charge < -0.3 is 14.8 Å². The molecule has 0 unspecified atom stereocenters. The highest BCUT2D eigenvalue weighted by atomic mass is 32.1. The Labute approximate surface area is 180 Å². The number of nitrogens with one attached hydrogen (secondary N) is 1. The topological polar surface area (TPSA) is 64.6 Å². The molecule has 0 bridgehead atoms. The molecule has 2 aromatic carbocycles. The molecule has 0 aliphatic rings. The van der Waals surface area contributed by atoms with E-state index >= 15 is 0 Å². The van der Waals surface area contributed by atoms with Crippen LogP contribution in [0, 0.1) is 0 Å². The van der Waals surface area contributed by atoms with Crippen LogP contribution in [-0.2, 0) is 9.53 Å². The van der Waals surface area contributed by atoms with Crippen LogP contribution < -0.4 is 10.1 Å². The van der Waals surface area contributed by atoms with Gasteiger partial charge in [0.2, 0.25) is 5.91 Å². The molecule has 0 spiro atoms. The number of esters is 1. The zero-order valence-electron chi connectivity index (χ0n) is 16.9. The summed E-state index contributed by atoms with van der Waals surface area (Å²) in [5.74, 6) is -0.0920. The number of ether oxygens (including phenoxy) is 2. The van der Waals surface area contributed by atoms with Gasteiger partial charge in [-0.1, -0.05) is 48.5 Å². The molecular weight excluding hydrogens is 398 g/mol. The molecule has 154 valence electrons. The lowest BCUT2D eigenvalue weighted by Crippen LogP contribution is -2.12. The lowest BCUT2D eigenvalue weighted by molar-refractivity contribution is -0.111. The Morgan fingerprint density at radius 3 is 2.47 bits per heavy atom. The van der Waals surface area contributed by atoms with E-state index in [-0.39, 0.29) is 12.5 Å². The van der Waals surface area contributed by atoms with Gasteiger partial charge in [0.25, 0.3) is 0 Å². The zero-order chi connectivity index (χ0) is 21.3. The number of carbonyl (C=O) groups is 2. The third-order valence-electron chi connectivity index (χ3n) is 4.23. The Balaban J connectivity index is 1.85. The number of carbonyl (C=O) groups excluding carboxylic acids is 2. The molecule has 30 heavy (non-hydrogen) atoms. The molecule has 1 amide bonds. The summed E-state index contributed by atoms with van der Waals surface area (Å²) in [6.45, 7) is 4.45. The number of amides is 1. The number of hydrogen-bond acceptors (Lipinski definition) is 5. The molecule has 0 aliphatic heterocycles. The summed E-state index contributed by atoms with van der Waals surface area (Å²) in [4.78, 5) is 25.1. The van der Waals surface area contributed by atoms with Crippen LogP contribution in [-0.4, -0.2) is 25.1 Å². The second-order valence-corrected chi connectivity index (χ2v) is 7.11. The number of anilines is 1. The number of rotatable bonds is 8. The van der Waals surface area contributed by atoms with E-state index in [1.54, 1.807) is 13.0 Å². The number of benzene rings is 2. The van der Waals surface area contributed by atoms with Crippen LogP contribution in [0.25, 0.3) is 17.2 Å². The Kier molecular flexibility index (Phi) is 7.40. The first kappa shape index (κ1) is 21.3. The molecule has 5 nitrogen and oxygen atoms in total. The van der Waals surface area contributed by atoms with Crippen molar-refractivity contribution in [2.45, 2.75) is 13.8 Å². The summed E-state index contributed by atoms with van der Waals surface area (Å²) in [6.07, 6.45) is 3.12.